The Balaban J connectivity index is 1.85. The Bertz CT molecular complexity index is 166. The highest BCUT2D eigenvalue weighted by atomic mass is 14.7. The third-order valence-corrected chi connectivity index (χ3v) is 4.14. The predicted octanol–water partition coefficient (Wildman–Crippen LogP) is 1.24. The second-order valence-corrected chi connectivity index (χ2v) is 4.45. The molecule has 56 valence electrons. The molecule has 0 unspecified atom stereocenters. The summed E-state index contributed by atoms with van der Waals surface area (Å²) in [5.74, 6) is 5.43. The summed E-state index contributed by atoms with van der Waals surface area (Å²) >= 11 is 0. The first-order valence-corrected chi connectivity index (χ1v) is 4.60. The maximum Gasteiger partial charge on any atom is -0.00460 e. The van der Waals surface area contributed by atoms with Crippen LogP contribution in [0.2, 0.25) is 0 Å². The van der Waals surface area contributed by atoms with Crippen LogP contribution in [0.3, 0.4) is 0 Å². The van der Waals surface area contributed by atoms with E-state index in [4.69, 9.17) is 5.73 Å². The summed E-state index contributed by atoms with van der Waals surface area (Å²) in [7, 11) is 0. The Labute approximate surface area is 62.0 Å². The SMILES string of the molecule is NC[C@@H]1C[C@H]2C[C@H]1[C@@H]1C[C@H]21. The van der Waals surface area contributed by atoms with Gasteiger partial charge in [-0.1, -0.05) is 0 Å². The van der Waals surface area contributed by atoms with Gasteiger partial charge < -0.3 is 5.73 Å². The summed E-state index contributed by atoms with van der Waals surface area (Å²) in [5.41, 5.74) is 5.70. The summed E-state index contributed by atoms with van der Waals surface area (Å²) in [5, 5.41) is 0. The molecule has 2 N–H and O–H groups in total. The molecule has 3 saturated carbocycles. The number of nitrogens with two attached hydrogens (primary N) is 1. The molecular weight excluding hydrogens is 122 g/mol. The Morgan fingerprint density at radius 3 is 2.50 bits per heavy atom. The van der Waals surface area contributed by atoms with E-state index < -0.39 is 0 Å². The predicted molar refractivity (Wildman–Crippen MR) is 40.4 cm³/mol. The van der Waals surface area contributed by atoms with Gasteiger partial charge in [0.2, 0.25) is 0 Å². The van der Waals surface area contributed by atoms with Crippen molar-refractivity contribution in [2.75, 3.05) is 6.54 Å². The van der Waals surface area contributed by atoms with Crippen molar-refractivity contribution in [2.24, 2.45) is 35.3 Å². The van der Waals surface area contributed by atoms with E-state index in [2.05, 4.69) is 0 Å². The third kappa shape index (κ3) is 0.493. The molecule has 0 radical (unpaired) electrons. The first-order chi connectivity index (χ1) is 4.90. The molecule has 3 aliphatic rings. The molecule has 3 fully saturated rings. The van der Waals surface area contributed by atoms with E-state index in [0.717, 1.165) is 30.2 Å². The topological polar surface area (TPSA) is 26.0 Å². The minimum absolute atomic E-state index is 0.925. The van der Waals surface area contributed by atoms with Gasteiger partial charge in [-0.05, 0) is 55.4 Å². The van der Waals surface area contributed by atoms with Crippen molar-refractivity contribution in [1.29, 1.82) is 0 Å². The molecule has 5 atom stereocenters. The maximum atomic E-state index is 5.70. The molecule has 3 aliphatic carbocycles. The molecule has 0 spiro atoms. The van der Waals surface area contributed by atoms with Gasteiger partial charge in [-0.3, -0.25) is 0 Å². The number of hydrogen-bond acceptors (Lipinski definition) is 1. The van der Waals surface area contributed by atoms with Gasteiger partial charge in [0.1, 0.15) is 0 Å². The molecule has 0 aromatic heterocycles. The van der Waals surface area contributed by atoms with Gasteiger partial charge in [-0.25, -0.2) is 0 Å². The largest absolute Gasteiger partial charge is 0.330 e. The fourth-order valence-electron chi connectivity index (χ4n) is 3.62. The van der Waals surface area contributed by atoms with Crippen LogP contribution >= 0.6 is 0 Å². The zero-order valence-corrected chi connectivity index (χ0v) is 6.29. The van der Waals surface area contributed by atoms with Crippen molar-refractivity contribution in [3.8, 4) is 0 Å². The van der Waals surface area contributed by atoms with Crippen molar-refractivity contribution in [2.45, 2.75) is 19.3 Å². The molecule has 1 nitrogen and oxygen atoms in total. The Morgan fingerprint density at radius 2 is 1.90 bits per heavy atom. The quantitative estimate of drug-likeness (QED) is 0.578. The first-order valence-electron chi connectivity index (χ1n) is 4.60. The second kappa shape index (κ2) is 1.58. The van der Waals surface area contributed by atoms with Gasteiger partial charge in [0, 0.05) is 0 Å². The van der Waals surface area contributed by atoms with E-state index >= 15 is 0 Å². The Kier molecular flexibility index (Phi) is 0.883. The molecule has 0 saturated heterocycles. The standard InChI is InChI=1S/C9H15N/c10-4-6-1-5-2-7(6)9-3-8(5)9/h5-9H,1-4,10H2/t5-,6-,7+,8+,9-/m0/s1. The van der Waals surface area contributed by atoms with Gasteiger partial charge in [-0.2, -0.15) is 0 Å². The monoisotopic (exact) mass is 137 g/mol. The fourth-order valence-corrected chi connectivity index (χ4v) is 3.62. The van der Waals surface area contributed by atoms with Gasteiger partial charge in [0.25, 0.3) is 0 Å². The van der Waals surface area contributed by atoms with Crippen LogP contribution in [0.1, 0.15) is 19.3 Å². The minimum Gasteiger partial charge on any atom is -0.330 e. The van der Waals surface area contributed by atoms with E-state index in [9.17, 15) is 0 Å². The van der Waals surface area contributed by atoms with Crippen molar-refractivity contribution >= 4 is 0 Å². The number of fused-ring (bicyclic) bond motifs is 5. The van der Waals surface area contributed by atoms with Crippen molar-refractivity contribution < 1.29 is 0 Å². The van der Waals surface area contributed by atoms with E-state index in [1.807, 2.05) is 0 Å². The summed E-state index contributed by atoms with van der Waals surface area (Å²) in [6.07, 6.45) is 4.57. The Hall–Kier alpha value is -0.0400. The van der Waals surface area contributed by atoms with Gasteiger partial charge in [0.05, 0.1) is 0 Å². The van der Waals surface area contributed by atoms with E-state index in [0.29, 0.717) is 0 Å². The minimum atomic E-state index is 0.925. The van der Waals surface area contributed by atoms with Crippen LogP contribution in [0.4, 0.5) is 0 Å². The van der Waals surface area contributed by atoms with Crippen LogP contribution in [0, 0.1) is 29.6 Å². The third-order valence-electron chi connectivity index (χ3n) is 4.14. The fraction of sp³-hybridized carbons (Fsp3) is 1.00. The lowest BCUT2D eigenvalue weighted by molar-refractivity contribution is 0.324. The van der Waals surface area contributed by atoms with Crippen LogP contribution in [0.15, 0.2) is 0 Å². The molecular formula is C9H15N. The van der Waals surface area contributed by atoms with Crippen molar-refractivity contribution in [1.82, 2.24) is 0 Å². The zero-order chi connectivity index (χ0) is 6.72. The summed E-state index contributed by atoms with van der Waals surface area (Å²) in [6.45, 7) is 0.963. The summed E-state index contributed by atoms with van der Waals surface area (Å²) in [4.78, 5) is 0. The maximum absolute atomic E-state index is 5.70. The average Bonchev–Trinajstić information content (AvgIpc) is 2.58. The molecule has 0 aromatic carbocycles. The normalized spacial score (nSPS) is 62.7. The Morgan fingerprint density at radius 1 is 1.00 bits per heavy atom. The zero-order valence-electron chi connectivity index (χ0n) is 6.29. The highest BCUT2D eigenvalue weighted by Gasteiger charge is 2.60. The number of rotatable bonds is 1. The highest BCUT2D eigenvalue weighted by Crippen LogP contribution is 2.67. The molecule has 2 bridgehead atoms. The number of hydrogen-bond donors (Lipinski definition) is 1. The smallest absolute Gasteiger partial charge is 0.00460 e. The molecule has 0 aromatic rings. The lowest BCUT2D eigenvalue weighted by Crippen LogP contribution is -2.21. The van der Waals surface area contributed by atoms with E-state index in [-0.39, 0.29) is 0 Å². The lowest BCUT2D eigenvalue weighted by Gasteiger charge is -2.18. The van der Waals surface area contributed by atoms with Gasteiger partial charge in [0.15, 0.2) is 0 Å². The summed E-state index contributed by atoms with van der Waals surface area (Å²) in [6, 6.07) is 0. The highest BCUT2D eigenvalue weighted by molar-refractivity contribution is 5.09. The summed E-state index contributed by atoms with van der Waals surface area (Å²) < 4.78 is 0. The van der Waals surface area contributed by atoms with E-state index in [1.165, 1.54) is 18.8 Å². The average molecular weight is 137 g/mol. The van der Waals surface area contributed by atoms with E-state index in [1.54, 1.807) is 6.42 Å². The first kappa shape index (κ1) is 5.59. The van der Waals surface area contributed by atoms with Gasteiger partial charge in [-0.15, -0.1) is 0 Å². The molecule has 3 rings (SSSR count). The molecule has 0 heterocycles. The van der Waals surface area contributed by atoms with Crippen LogP contribution in [-0.2, 0) is 0 Å². The molecule has 0 aliphatic heterocycles. The van der Waals surface area contributed by atoms with Crippen LogP contribution in [0.5, 0.6) is 0 Å². The van der Waals surface area contributed by atoms with Crippen molar-refractivity contribution in [3.63, 3.8) is 0 Å². The molecule has 1 heteroatoms. The second-order valence-electron chi connectivity index (χ2n) is 4.45. The van der Waals surface area contributed by atoms with Crippen LogP contribution < -0.4 is 5.73 Å². The van der Waals surface area contributed by atoms with Crippen molar-refractivity contribution in [3.05, 3.63) is 0 Å². The van der Waals surface area contributed by atoms with Crippen LogP contribution in [-0.4, -0.2) is 6.54 Å². The molecule has 10 heavy (non-hydrogen) atoms. The van der Waals surface area contributed by atoms with Gasteiger partial charge >= 0.3 is 0 Å². The molecule has 0 amide bonds. The lowest BCUT2D eigenvalue weighted by atomic mass is 9.89. The van der Waals surface area contributed by atoms with Crippen LogP contribution in [0.25, 0.3) is 0 Å².